The molecule has 2 unspecified atom stereocenters. The van der Waals surface area contributed by atoms with Gasteiger partial charge >= 0.3 is 0 Å². The van der Waals surface area contributed by atoms with Crippen molar-refractivity contribution in [3.8, 4) is 0 Å². The van der Waals surface area contributed by atoms with Gasteiger partial charge in [0.15, 0.2) is 0 Å². The molecule has 1 aliphatic heterocycles. The average Bonchev–Trinajstić information content (AvgIpc) is 2.86. The first-order valence-corrected chi connectivity index (χ1v) is 8.82. The predicted molar refractivity (Wildman–Crippen MR) is 90.4 cm³/mol. The van der Waals surface area contributed by atoms with Gasteiger partial charge in [0.2, 0.25) is 5.91 Å². The number of benzene rings is 2. The molecule has 0 aromatic heterocycles. The molecule has 1 saturated heterocycles. The van der Waals surface area contributed by atoms with Gasteiger partial charge in [0, 0.05) is 34.6 Å². The maximum atomic E-state index is 12.4. The molecular weight excluding hydrogens is 314 g/mol. The number of hydrogen-bond acceptors (Lipinski definition) is 3. The Hall–Kier alpha value is -1.59. The number of rotatable bonds is 4. The third kappa shape index (κ3) is 3.42. The number of carbonyl (C=O) groups excluding carboxylic acids is 1. The van der Waals surface area contributed by atoms with Crippen LogP contribution in [0.15, 0.2) is 64.4 Å². The van der Waals surface area contributed by atoms with Gasteiger partial charge in [-0.2, -0.15) is 12.6 Å². The van der Waals surface area contributed by atoms with E-state index in [1.807, 2.05) is 59.5 Å². The fourth-order valence-electron chi connectivity index (χ4n) is 2.52. The summed E-state index contributed by atoms with van der Waals surface area (Å²) in [6.07, 6.45) is 0.513. The second kappa shape index (κ2) is 6.67. The van der Waals surface area contributed by atoms with Crippen LogP contribution in [0.4, 0.5) is 0 Å². The molecule has 2 aromatic carbocycles. The van der Waals surface area contributed by atoms with E-state index in [2.05, 4.69) is 12.6 Å². The minimum absolute atomic E-state index is 0.136. The lowest BCUT2D eigenvalue weighted by atomic mass is 10.2. The molecule has 22 heavy (non-hydrogen) atoms. The fourth-order valence-corrected chi connectivity index (χ4v) is 3.94. The molecule has 1 amide bonds. The molecule has 5 heteroatoms. The van der Waals surface area contributed by atoms with E-state index in [9.17, 15) is 9.00 Å². The molecule has 1 aliphatic rings. The van der Waals surface area contributed by atoms with Crippen molar-refractivity contribution in [2.24, 2.45) is 0 Å². The maximum absolute atomic E-state index is 12.4. The van der Waals surface area contributed by atoms with Crippen molar-refractivity contribution >= 4 is 29.3 Å². The summed E-state index contributed by atoms with van der Waals surface area (Å²) < 4.78 is 12.4. The highest BCUT2D eigenvalue weighted by Crippen LogP contribution is 2.20. The van der Waals surface area contributed by atoms with Crippen LogP contribution in [0.5, 0.6) is 0 Å². The van der Waals surface area contributed by atoms with Gasteiger partial charge in [-0.05, 0) is 29.8 Å². The van der Waals surface area contributed by atoms with Crippen molar-refractivity contribution in [1.29, 1.82) is 0 Å². The topological polar surface area (TPSA) is 37.4 Å². The molecule has 0 spiro atoms. The van der Waals surface area contributed by atoms with Gasteiger partial charge in [-0.15, -0.1) is 0 Å². The Bertz CT molecular complexity index is 686. The summed E-state index contributed by atoms with van der Waals surface area (Å²) in [5, 5.41) is 0.136. The lowest BCUT2D eigenvalue weighted by molar-refractivity contribution is -0.128. The first-order chi connectivity index (χ1) is 10.6. The van der Waals surface area contributed by atoms with Crippen LogP contribution in [0.3, 0.4) is 0 Å². The van der Waals surface area contributed by atoms with Crippen LogP contribution in [-0.4, -0.2) is 26.8 Å². The smallest absolute Gasteiger partial charge is 0.224 e. The van der Waals surface area contributed by atoms with Crippen LogP contribution in [0.25, 0.3) is 0 Å². The normalized spacial score (nSPS) is 19.4. The molecule has 2 aromatic rings. The zero-order valence-electron chi connectivity index (χ0n) is 12.0. The number of likely N-dealkylation sites (tertiary alicyclic amines) is 1. The summed E-state index contributed by atoms with van der Waals surface area (Å²) in [7, 11) is -1.16. The quantitative estimate of drug-likeness (QED) is 0.875. The summed E-state index contributed by atoms with van der Waals surface area (Å²) in [6.45, 7) is 1.29. The van der Waals surface area contributed by atoms with Gasteiger partial charge in [0.05, 0.1) is 10.8 Å². The highest BCUT2D eigenvalue weighted by Gasteiger charge is 2.26. The van der Waals surface area contributed by atoms with E-state index in [1.54, 1.807) is 0 Å². The molecule has 1 fully saturated rings. The Balaban J connectivity index is 1.71. The Kier molecular flexibility index (Phi) is 4.64. The number of nitrogens with zero attached hydrogens (tertiary/aromatic N) is 1. The van der Waals surface area contributed by atoms with Gasteiger partial charge in [0.25, 0.3) is 0 Å². The molecule has 0 aliphatic carbocycles. The standard InChI is InChI=1S/C17H17NO2S2/c19-17-10-14(21)12-18(17)11-13-6-8-16(9-7-13)22(20)15-4-2-1-3-5-15/h1-9,14,21H,10-12H2. The monoisotopic (exact) mass is 331 g/mol. The Morgan fingerprint density at radius 3 is 2.27 bits per heavy atom. The zero-order chi connectivity index (χ0) is 15.5. The second-order valence-corrected chi connectivity index (χ2v) is 7.57. The minimum Gasteiger partial charge on any atom is -0.337 e. The Morgan fingerprint density at radius 2 is 1.68 bits per heavy atom. The van der Waals surface area contributed by atoms with E-state index >= 15 is 0 Å². The lowest BCUT2D eigenvalue weighted by Crippen LogP contribution is -2.24. The highest BCUT2D eigenvalue weighted by atomic mass is 32.2. The van der Waals surface area contributed by atoms with Crippen molar-refractivity contribution in [1.82, 2.24) is 4.90 Å². The molecular formula is C17H17NO2S2. The van der Waals surface area contributed by atoms with E-state index < -0.39 is 10.8 Å². The van der Waals surface area contributed by atoms with E-state index in [0.29, 0.717) is 19.5 Å². The van der Waals surface area contributed by atoms with Crippen LogP contribution in [0, 0.1) is 0 Å². The molecule has 0 radical (unpaired) electrons. The van der Waals surface area contributed by atoms with Crippen molar-refractivity contribution in [2.75, 3.05) is 6.54 Å². The van der Waals surface area contributed by atoms with E-state index in [1.165, 1.54) is 0 Å². The van der Waals surface area contributed by atoms with Gasteiger partial charge in [0.1, 0.15) is 0 Å². The van der Waals surface area contributed by atoms with Gasteiger partial charge in [-0.3, -0.25) is 4.79 Å². The van der Waals surface area contributed by atoms with E-state index in [0.717, 1.165) is 15.4 Å². The second-order valence-electron chi connectivity index (χ2n) is 5.36. The molecule has 0 bridgehead atoms. The molecule has 1 heterocycles. The van der Waals surface area contributed by atoms with Gasteiger partial charge < -0.3 is 4.90 Å². The summed E-state index contributed by atoms with van der Waals surface area (Å²) in [5.41, 5.74) is 1.05. The van der Waals surface area contributed by atoms with Crippen LogP contribution < -0.4 is 0 Å². The first-order valence-electron chi connectivity index (χ1n) is 7.15. The van der Waals surface area contributed by atoms with Crippen LogP contribution >= 0.6 is 12.6 Å². The van der Waals surface area contributed by atoms with Gasteiger partial charge in [-0.25, -0.2) is 4.21 Å². The maximum Gasteiger partial charge on any atom is 0.224 e. The minimum atomic E-state index is -1.16. The van der Waals surface area contributed by atoms with Crippen LogP contribution in [-0.2, 0) is 22.1 Å². The summed E-state index contributed by atoms with van der Waals surface area (Å²) >= 11 is 4.36. The third-order valence-electron chi connectivity index (χ3n) is 3.66. The van der Waals surface area contributed by atoms with E-state index in [-0.39, 0.29) is 11.2 Å². The van der Waals surface area contributed by atoms with Crippen molar-refractivity contribution in [3.05, 3.63) is 60.2 Å². The summed E-state index contributed by atoms with van der Waals surface area (Å²) in [4.78, 5) is 15.2. The van der Waals surface area contributed by atoms with Crippen LogP contribution in [0.2, 0.25) is 0 Å². The number of amides is 1. The molecule has 3 nitrogen and oxygen atoms in total. The van der Waals surface area contributed by atoms with Crippen LogP contribution in [0.1, 0.15) is 12.0 Å². The van der Waals surface area contributed by atoms with E-state index in [4.69, 9.17) is 0 Å². The number of hydrogen-bond donors (Lipinski definition) is 1. The van der Waals surface area contributed by atoms with Crippen molar-refractivity contribution in [2.45, 2.75) is 28.0 Å². The highest BCUT2D eigenvalue weighted by molar-refractivity contribution is 7.85. The molecule has 0 saturated carbocycles. The number of thiol groups is 1. The van der Waals surface area contributed by atoms with Crippen molar-refractivity contribution < 1.29 is 9.00 Å². The zero-order valence-corrected chi connectivity index (χ0v) is 13.7. The summed E-state index contributed by atoms with van der Waals surface area (Å²) in [6, 6.07) is 17.0. The lowest BCUT2D eigenvalue weighted by Gasteiger charge is -2.16. The largest absolute Gasteiger partial charge is 0.337 e. The van der Waals surface area contributed by atoms with Crippen molar-refractivity contribution in [3.63, 3.8) is 0 Å². The molecule has 2 atom stereocenters. The van der Waals surface area contributed by atoms with Gasteiger partial charge in [-0.1, -0.05) is 30.3 Å². The summed E-state index contributed by atoms with van der Waals surface area (Å²) in [5.74, 6) is 0.150. The fraction of sp³-hybridized carbons (Fsp3) is 0.235. The Morgan fingerprint density at radius 1 is 1.05 bits per heavy atom. The SMILES string of the molecule is O=C1CC(S)CN1Cc1ccc(S(=O)c2ccccc2)cc1. The molecule has 0 N–H and O–H groups in total. The first kappa shape index (κ1) is 15.3. The Labute approximate surface area is 138 Å². The molecule has 114 valence electrons. The third-order valence-corrected chi connectivity index (χ3v) is 5.41. The number of carbonyl (C=O) groups is 1. The average molecular weight is 331 g/mol. The predicted octanol–water partition coefficient (Wildman–Crippen LogP) is 2.88. The molecule has 3 rings (SSSR count).